The number of hydrogen-bond acceptors (Lipinski definition) is 4. The van der Waals surface area contributed by atoms with Gasteiger partial charge < -0.3 is 4.90 Å². The van der Waals surface area contributed by atoms with E-state index in [9.17, 15) is 18.4 Å². The SMILES string of the molecule is CCN1CCN([C@H]2CC(=O)N(c3ccc(F)c(F)c3)C2=O)CC1. The van der Waals surface area contributed by atoms with Crippen molar-refractivity contribution in [2.24, 2.45) is 0 Å². The summed E-state index contributed by atoms with van der Waals surface area (Å²) in [6.07, 6.45) is 0.0873. The molecule has 1 aromatic carbocycles. The van der Waals surface area contributed by atoms with Crippen LogP contribution in [-0.4, -0.2) is 60.4 Å². The molecular formula is C16H19F2N3O2. The average molecular weight is 323 g/mol. The summed E-state index contributed by atoms with van der Waals surface area (Å²) in [6.45, 7) is 6.22. The van der Waals surface area contributed by atoms with Crippen molar-refractivity contribution < 1.29 is 18.4 Å². The molecule has 2 saturated heterocycles. The first-order valence-electron chi connectivity index (χ1n) is 7.79. The lowest BCUT2D eigenvalue weighted by molar-refractivity contribution is -0.123. The van der Waals surface area contributed by atoms with Gasteiger partial charge in [-0.25, -0.2) is 13.7 Å². The molecule has 2 heterocycles. The molecule has 1 aromatic rings. The highest BCUT2D eigenvalue weighted by atomic mass is 19.2. The normalized spacial score (nSPS) is 23.8. The third kappa shape index (κ3) is 2.98. The van der Waals surface area contributed by atoms with Crippen LogP contribution in [0.2, 0.25) is 0 Å². The van der Waals surface area contributed by atoms with Crippen molar-refractivity contribution in [3.63, 3.8) is 0 Å². The van der Waals surface area contributed by atoms with Crippen molar-refractivity contribution in [1.82, 2.24) is 9.80 Å². The Balaban J connectivity index is 1.76. The standard InChI is InChI=1S/C16H19F2N3O2/c1-2-19-5-7-20(8-6-19)14-10-15(22)21(16(14)23)11-3-4-12(17)13(18)9-11/h3-4,9,14H,2,5-8,10H2,1H3/t14-/m0/s1. The molecule has 0 radical (unpaired) electrons. The van der Waals surface area contributed by atoms with E-state index in [2.05, 4.69) is 11.8 Å². The summed E-state index contributed by atoms with van der Waals surface area (Å²) in [5.74, 6) is -2.79. The van der Waals surface area contributed by atoms with Crippen LogP contribution < -0.4 is 4.90 Å². The number of carbonyl (C=O) groups is 2. The highest BCUT2D eigenvalue weighted by molar-refractivity contribution is 6.22. The van der Waals surface area contributed by atoms with E-state index in [0.29, 0.717) is 0 Å². The summed E-state index contributed by atoms with van der Waals surface area (Å²) in [6, 6.07) is 2.57. The zero-order valence-electron chi connectivity index (χ0n) is 13.0. The number of imide groups is 1. The van der Waals surface area contributed by atoms with Crippen LogP contribution in [0.4, 0.5) is 14.5 Å². The summed E-state index contributed by atoms with van der Waals surface area (Å²) in [4.78, 5) is 30.1. The van der Waals surface area contributed by atoms with Gasteiger partial charge in [-0.3, -0.25) is 14.5 Å². The minimum absolute atomic E-state index is 0.0873. The first kappa shape index (κ1) is 16.0. The summed E-state index contributed by atoms with van der Waals surface area (Å²) in [5.41, 5.74) is 0.0913. The second kappa shape index (κ2) is 6.33. The van der Waals surface area contributed by atoms with Gasteiger partial charge in [-0.05, 0) is 18.7 Å². The molecule has 2 amide bonds. The molecular weight excluding hydrogens is 304 g/mol. The van der Waals surface area contributed by atoms with E-state index in [1.165, 1.54) is 6.07 Å². The largest absolute Gasteiger partial charge is 0.301 e. The van der Waals surface area contributed by atoms with Crippen LogP contribution in [-0.2, 0) is 9.59 Å². The number of benzene rings is 1. The van der Waals surface area contributed by atoms with E-state index in [-0.39, 0.29) is 23.9 Å². The number of amides is 2. The van der Waals surface area contributed by atoms with Crippen LogP contribution in [0.5, 0.6) is 0 Å². The summed E-state index contributed by atoms with van der Waals surface area (Å²) in [5, 5.41) is 0. The lowest BCUT2D eigenvalue weighted by Crippen LogP contribution is -2.52. The Morgan fingerprint density at radius 3 is 2.39 bits per heavy atom. The van der Waals surface area contributed by atoms with Gasteiger partial charge in [-0.15, -0.1) is 0 Å². The molecule has 3 rings (SSSR count). The van der Waals surface area contributed by atoms with Gasteiger partial charge in [-0.1, -0.05) is 6.92 Å². The first-order valence-corrected chi connectivity index (χ1v) is 7.79. The molecule has 0 aliphatic carbocycles. The van der Waals surface area contributed by atoms with Crippen LogP contribution in [0.3, 0.4) is 0 Å². The molecule has 7 heteroatoms. The van der Waals surface area contributed by atoms with E-state index < -0.39 is 17.7 Å². The Bertz CT molecular complexity index is 630. The number of rotatable bonds is 3. The molecule has 0 spiro atoms. The first-order chi connectivity index (χ1) is 11.0. The third-order valence-corrected chi connectivity index (χ3v) is 4.58. The van der Waals surface area contributed by atoms with Crippen molar-refractivity contribution in [3.05, 3.63) is 29.8 Å². The van der Waals surface area contributed by atoms with Crippen molar-refractivity contribution in [2.45, 2.75) is 19.4 Å². The maximum Gasteiger partial charge on any atom is 0.251 e. The fraction of sp³-hybridized carbons (Fsp3) is 0.500. The zero-order chi connectivity index (χ0) is 16.6. The summed E-state index contributed by atoms with van der Waals surface area (Å²) in [7, 11) is 0. The third-order valence-electron chi connectivity index (χ3n) is 4.58. The molecule has 0 unspecified atom stereocenters. The van der Waals surface area contributed by atoms with Gasteiger partial charge in [0.25, 0.3) is 5.91 Å². The lowest BCUT2D eigenvalue weighted by Gasteiger charge is -2.36. The van der Waals surface area contributed by atoms with Crippen molar-refractivity contribution in [3.8, 4) is 0 Å². The number of carbonyl (C=O) groups excluding carboxylic acids is 2. The van der Waals surface area contributed by atoms with Gasteiger partial charge in [0.1, 0.15) is 0 Å². The van der Waals surface area contributed by atoms with E-state index in [4.69, 9.17) is 0 Å². The number of likely N-dealkylation sites (N-methyl/N-ethyl adjacent to an activating group) is 1. The van der Waals surface area contributed by atoms with Gasteiger partial charge in [0, 0.05) is 32.2 Å². The predicted octanol–water partition coefficient (Wildman–Crippen LogP) is 1.23. The molecule has 0 saturated carbocycles. The van der Waals surface area contributed by atoms with E-state index >= 15 is 0 Å². The Labute approximate surface area is 133 Å². The van der Waals surface area contributed by atoms with Gasteiger partial charge in [0.15, 0.2) is 11.6 Å². The number of halogens is 2. The Morgan fingerprint density at radius 1 is 1.09 bits per heavy atom. The molecule has 23 heavy (non-hydrogen) atoms. The van der Waals surface area contributed by atoms with Gasteiger partial charge in [0.05, 0.1) is 18.2 Å². The fourth-order valence-electron chi connectivity index (χ4n) is 3.19. The van der Waals surface area contributed by atoms with E-state index in [1.807, 2.05) is 4.90 Å². The van der Waals surface area contributed by atoms with Crippen LogP contribution in [0.15, 0.2) is 18.2 Å². The Morgan fingerprint density at radius 2 is 1.78 bits per heavy atom. The molecule has 2 fully saturated rings. The molecule has 0 bridgehead atoms. The van der Waals surface area contributed by atoms with Gasteiger partial charge in [-0.2, -0.15) is 0 Å². The summed E-state index contributed by atoms with van der Waals surface area (Å²) >= 11 is 0. The highest BCUT2D eigenvalue weighted by Gasteiger charge is 2.43. The smallest absolute Gasteiger partial charge is 0.251 e. The van der Waals surface area contributed by atoms with Gasteiger partial charge >= 0.3 is 0 Å². The second-order valence-corrected chi connectivity index (χ2v) is 5.86. The molecule has 2 aliphatic heterocycles. The number of anilines is 1. The minimum atomic E-state index is -1.07. The van der Waals surface area contributed by atoms with Crippen molar-refractivity contribution in [2.75, 3.05) is 37.6 Å². The average Bonchev–Trinajstić information content (AvgIpc) is 2.85. The van der Waals surface area contributed by atoms with Gasteiger partial charge in [0.2, 0.25) is 5.91 Å². The molecule has 124 valence electrons. The zero-order valence-corrected chi connectivity index (χ0v) is 13.0. The summed E-state index contributed by atoms with van der Waals surface area (Å²) < 4.78 is 26.4. The molecule has 1 atom stereocenters. The monoisotopic (exact) mass is 323 g/mol. The topological polar surface area (TPSA) is 43.9 Å². The van der Waals surface area contributed by atoms with Crippen LogP contribution in [0, 0.1) is 11.6 Å². The second-order valence-electron chi connectivity index (χ2n) is 5.86. The minimum Gasteiger partial charge on any atom is -0.301 e. The maximum absolute atomic E-state index is 13.4. The molecule has 2 aliphatic rings. The van der Waals surface area contributed by atoms with Crippen molar-refractivity contribution in [1.29, 1.82) is 0 Å². The highest BCUT2D eigenvalue weighted by Crippen LogP contribution is 2.27. The maximum atomic E-state index is 13.4. The molecule has 0 aromatic heterocycles. The van der Waals surface area contributed by atoms with Crippen molar-refractivity contribution >= 4 is 17.5 Å². The molecule has 0 N–H and O–H groups in total. The number of nitrogens with zero attached hydrogens (tertiary/aromatic N) is 3. The van der Waals surface area contributed by atoms with Crippen LogP contribution in [0.25, 0.3) is 0 Å². The fourth-order valence-corrected chi connectivity index (χ4v) is 3.19. The number of piperazine rings is 1. The Hall–Kier alpha value is -1.86. The van der Waals surface area contributed by atoms with Crippen LogP contribution in [0.1, 0.15) is 13.3 Å². The van der Waals surface area contributed by atoms with E-state index in [0.717, 1.165) is 49.8 Å². The van der Waals surface area contributed by atoms with E-state index in [1.54, 1.807) is 0 Å². The molecule has 5 nitrogen and oxygen atoms in total. The lowest BCUT2D eigenvalue weighted by atomic mass is 10.1. The Kier molecular flexibility index (Phi) is 4.41. The number of hydrogen-bond donors (Lipinski definition) is 0. The van der Waals surface area contributed by atoms with Crippen LogP contribution >= 0.6 is 0 Å². The quantitative estimate of drug-likeness (QED) is 0.785. The predicted molar refractivity (Wildman–Crippen MR) is 80.9 cm³/mol.